The maximum absolute atomic E-state index is 12.1. The number of esters is 2. The van der Waals surface area contributed by atoms with Crippen LogP contribution in [0.5, 0.6) is 0 Å². The topological polar surface area (TPSA) is 120 Å². The lowest BCUT2D eigenvalue weighted by atomic mass is 10.2. The molecule has 0 saturated carbocycles. The van der Waals surface area contributed by atoms with Crippen molar-refractivity contribution in [3.8, 4) is 0 Å². The van der Waals surface area contributed by atoms with Gasteiger partial charge in [0.2, 0.25) is 0 Å². The Morgan fingerprint density at radius 1 is 0.535 bits per heavy atom. The van der Waals surface area contributed by atoms with Crippen LogP contribution < -0.4 is 5.32 Å². The number of rotatable bonds is 31. The lowest BCUT2D eigenvalue weighted by Gasteiger charge is -2.09. The molecule has 11 nitrogen and oxygen atoms in total. The Labute approximate surface area is 258 Å². The maximum atomic E-state index is 12.1. The molecule has 11 heteroatoms. The van der Waals surface area contributed by atoms with E-state index in [9.17, 15) is 9.59 Å². The van der Waals surface area contributed by atoms with Gasteiger partial charge in [0.1, 0.15) is 13.2 Å². The van der Waals surface area contributed by atoms with E-state index in [4.69, 9.17) is 37.9 Å². The number of carbonyl (C=O) groups is 2. The summed E-state index contributed by atoms with van der Waals surface area (Å²) in [6.45, 7) is 11.0. The third-order valence-electron chi connectivity index (χ3n) is 6.03. The van der Waals surface area contributed by atoms with Crippen molar-refractivity contribution in [3.05, 3.63) is 29.8 Å². The van der Waals surface area contributed by atoms with Gasteiger partial charge in [0.25, 0.3) is 0 Å². The Hall–Kier alpha value is -2.28. The Balaban J connectivity index is 1.76. The molecule has 1 aromatic carbocycles. The molecule has 0 amide bonds. The van der Waals surface area contributed by atoms with Gasteiger partial charge in [0.05, 0.1) is 84.8 Å². The van der Waals surface area contributed by atoms with Gasteiger partial charge in [-0.15, -0.1) is 0 Å². The Morgan fingerprint density at radius 2 is 0.977 bits per heavy atom. The number of unbranched alkanes of at least 4 members (excludes halogenated alkanes) is 4. The van der Waals surface area contributed by atoms with Crippen molar-refractivity contribution in [1.82, 2.24) is 0 Å². The second-order valence-corrected chi connectivity index (χ2v) is 9.70. The summed E-state index contributed by atoms with van der Waals surface area (Å²) in [6.07, 6.45) is 6.99. The summed E-state index contributed by atoms with van der Waals surface area (Å²) in [4.78, 5) is 23.6. The average molecular weight is 614 g/mol. The van der Waals surface area contributed by atoms with Crippen LogP contribution in [0.15, 0.2) is 24.3 Å². The number of anilines is 1. The molecule has 0 bridgehead atoms. The van der Waals surface area contributed by atoms with Crippen molar-refractivity contribution >= 4 is 17.6 Å². The molecular weight excluding hydrogens is 558 g/mol. The van der Waals surface area contributed by atoms with E-state index in [1.54, 1.807) is 12.1 Å². The molecule has 0 aliphatic heterocycles. The first-order valence-corrected chi connectivity index (χ1v) is 15.8. The van der Waals surface area contributed by atoms with Gasteiger partial charge < -0.3 is 43.2 Å². The lowest BCUT2D eigenvalue weighted by Crippen LogP contribution is -2.15. The normalized spacial score (nSPS) is 11.0. The van der Waals surface area contributed by atoms with Gasteiger partial charge in [-0.1, -0.05) is 39.5 Å². The standard InChI is InChI=1S/C32H55NO10/c1-3-5-7-8-9-31(34)42-27-25-40-23-21-38-19-17-36-15-16-37-18-20-39-22-24-41-26-28-43-32(35)29-10-12-30(13-11-29)33-14-6-4-2/h10-13,33H,3-9,14-28H2,1-2H3. The highest BCUT2D eigenvalue weighted by Crippen LogP contribution is 2.11. The van der Waals surface area contributed by atoms with E-state index in [2.05, 4.69) is 19.2 Å². The second-order valence-electron chi connectivity index (χ2n) is 9.70. The zero-order chi connectivity index (χ0) is 31.1. The quantitative estimate of drug-likeness (QED) is 0.0929. The van der Waals surface area contributed by atoms with E-state index < -0.39 is 0 Å². The number of carbonyl (C=O) groups excluding carboxylic acids is 2. The fourth-order valence-corrected chi connectivity index (χ4v) is 3.59. The van der Waals surface area contributed by atoms with Crippen molar-refractivity contribution < 1.29 is 47.5 Å². The monoisotopic (exact) mass is 613 g/mol. The van der Waals surface area contributed by atoms with Crippen LogP contribution in [0, 0.1) is 0 Å². The highest BCUT2D eigenvalue weighted by Gasteiger charge is 2.07. The molecule has 43 heavy (non-hydrogen) atoms. The Bertz CT molecular complexity index is 778. The molecule has 0 spiro atoms. The summed E-state index contributed by atoms with van der Waals surface area (Å²) in [7, 11) is 0. The van der Waals surface area contributed by atoms with Gasteiger partial charge in [-0.3, -0.25) is 4.79 Å². The summed E-state index contributed by atoms with van der Waals surface area (Å²) < 4.78 is 43.0. The van der Waals surface area contributed by atoms with E-state index in [0.29, 0.717) is 91.3 Å². The van der Waals surface area contributed by atoms with E-state index in [1.165, 1.54) is 0 Å². The predicted octanol–water partition coefficient (Wildman–Crippen LogP) is 4.67. The van der Waals surface area contributed by atoms with E-state index in [-0.39, 0.29) is 25.2 Å². The first-order chi connectivity index (χ1) is 21.2. The van der Waals surface area contributed by atoms with Gasteiger partial charge in [-0.05, 0) is 37.1 Å². The number of hydrogen-bond donors (Lipinski definition) is 1. The molecule has 0 aliphatic rings. The Morgan fingerprint density at radius 3 is 1.44 bits per heavy atom. The minimum atomic E-state index is -0.362. The van der Waals surface area contributed by atoms with Crippen LogP contribution in [-0.2, 0) is 42.7 Å². The van der Waals surface area contributed by atoms with Crippen LogP contribution in [0.25, 0.3) is 0 Å². The summed E-state index contributed by atoms with van der Waals surface area (Å²) >= 11 is 0. The molecule has 0 atom stereocenters. The van der Waals surface area contributed by atoms with Gasteiger partial charge in [-0.25, -0.2) is 4.79 Å². The summed E-state index contributed by atoms with van der Waals surface area (Å²) in [5.41, 5.74) is 1.51. The van der Waals surface area contributed by atoms with E-state index >= 15 is 0 Å². The van der Waals surface area contributed by atoms with E-state index in [1.807, 2.05) is 12.1 Å². The highest BCUT2D eigenvalue weighted by molar-refractivity contribution is 5.89. The number of nitrogens with one attached hydrogen (secondary N) is 1. The zero-order valence-electron chi connectivity index (χ0n) is 26.4. The van der Waals surface area contributed by atoms with Gasteiger partial charge >= 0.3 is 11.9 Å². The molecule has 0 aliphatic carbocycles. The number of hydrogen-bond acceptors (Lipinski definition) is 11. The Kier molecular flexibility index (Phi) is 26.8. The van der Waals surface area contributed by atoms with Crippen molar-refractivity contribution in [2.75, 3.05) is 104 Å². The predicted molar refractivity (Wildman–Crippen MR) is 165 cm³/mol. The van der Waals surface area contributed by atoms with Gasteiger partial charge in [0, 0.05) is 18.7 Å². The van der Waals surface area contributed by atoms with E-state index in [0.717, 1.165) is 50.8 Å². The van der Waals surface area contributed by atoms with Crippen molar-refractivity contribution in [2.24, 2.45) is 0 Å². The van der Waals surface area contributed by atoms with Crippen LogP contribution in [-0.4, -0.2) is 111 Å². The summed E-state index contributed by atoms with van der Waals surface area (Å²) in [5.74, 6) is -0.518. The fourth-order valence-electron chi connectivity index (χ4n) is 3.59. The smallest absolute Gasteiger partial charge is 0.338 e. The van der Waals surface area contributed by atoms with Crippen molar-refractivity contribution in [3.63, 3.8) is 0 Å². The van der Waals surface area contributed by atoms with Crippen LogP contribution in [0.1, 0.15) is 69.2 Å². The number of benzene rings is 1. The van der Waals surface area contributed by atoms with Crippen LogP contribution in [0.2, 0.25) is 0 Å². The SMILES string of the molecule is CCCCCCC(=O)OCCOCCOCCOCCOCCOCCOCCOC(=O)c1ccc(NCCCC)cc1. The molecule has 1 N–H and O–H groups in total. The third kappa shape index (κ3) is 24.8. The molecular formula is C32H55NO10. The lowest BCUT2D eigenvalue weighted by molar-refractivity contribution is -0.145. The summed E-state index contributed by atoms with van der Waals surface area (Å²) in [5, 5.41) is 3.31. The molecule has 248 valence electrons. The molecule has 0 aromatic heterocycles. The zero-order valence-corrected chi connectivity index (χ0v) is 26.4. The molecule has 0 unspecified atom stereocenters. The molecule has 0 heterocycles. The van der Waals surface area contributed by atoms with Crippen LogP contribution >= 0.6 is 0 Å². The van der Waals surface area contributed by atoms with Gasteiger partial charge in [0.15, 0.2) is 0 Å². The second kappa shape index (κ2) is 29.8. The maximum Gasteiger partial charge on any atom is 0.338 e. The first kappa shape index (κ1) is 38.7. The minimum absolute atomic E-state index is 0.156. The van der Waals surface area contributed by atoms with Crippen molar-refractivity contribution in [2.45, 2.75) is 58.8 Å². The molecule has 0 radical (unpaired) electrons. The third-order valence-corrected chi connectivity index (χ3v) is 6.03. The highest BCUT2D eigenvalue weighted by atomic mass is 16.6. The molecule has 0 fully saturated rings. The van der Waals surface area contributed by atoms with Crippen LogP contribution in [0.4, 0.5) is 5.69 Å². The van der Waals surface area contributed by atoms with Gasteiger partial charge in [-0.2, -0.15) is 0 Å². The average Bonchev–Trinajstić information content (AvgIpc) is 3.02. The molecule has 0 saturated heterocycles. The van der Waals surface area contributed by atoms with Crippen LogP contribution in [0.3, 0.4) is 0 Å². The first-order valence-electron chi connectivity index (χ1n) is 15.8. The summed E-state index contributed by atoms with van der Waals surface area (Å²) in [6, 6.07) is 7.28. The largest absolute Gasteiger partial charge is 0.463 e. The van der Waals surface area contributed by atoms with Crippen molar-refractivity contribution in [1.29, 1.82) is 0 Å². The number of ether oxygens (including phenoxy) is 8. The molecule has 1 rings (SSSR count). The minimum Gasteiger partial charge on any atom is -0.463 e. The molecule has 1 aromatic rings. The fraction of sp³-hybridized carbons (Fsp3) is 0.750.